The van der Waals surface area contributed by atoms with Gasteiger partial charge in [0.1, 0.15) is 6.23 Å². The largest absolute Gasteiger partial charge is 0.463 e. The summed E-state index contributed by atoms with van der Waals surface area (Å²) in [5, 5.41) is 3.40. The Hall–Kier alpha value is -2.67. The van der Waals surface area contributed by atoms with Crippen molar-refractivity contribution in [3.05, 3.63) is 42.2 Å². The molecule has 0 saturated carbocycles. The number of unbranched alkanes of at least 4 members (excludes halogenated alkanes) is 1. The van der Waals surface area contributed by atoms with Crippen LogP contribution in [-0.2, 0) is 11.3 Å². The second-order valence-corrected chi connectivity index (χ2v) is 7.04. The minimum absolute atomic E-state index is 0.0286. The highest BCUT2D eigenvalue weighted by Gasteiger charge is 2.21. The van der Waals surface area contributed by atoms with Crippen LogP contribution in [0.3, 0.4) is 0 Å². The van der Waals surface area contributed by atoms with Crippen LogP contribution in [0, 0.1) is 0 Å². The molecule has 1 saturated heterocycles. The van der Waals surface area contributed by atoms with E-state index in [-0.39, 0.29) is 6.23 Å². The monoisotopic (exact) mass is 381 g/mol. The normalized spacial score (nSPS) is 17.0. The molecule has 1 fully saturated rings. The van der Waals surface area contributed by atoms with E-state index in [2.05, 4.69) is 39.3 Å². The smallest absolute Gasteiger partial charge is 0.320 e. The quantitative estimate of drug-likeness (QED) is 0.586. The van der Waals surface area contributed by atoms with Crippen molar-refractivity contribution < 1.29 is 9.47 Å². The van der Waals surface area contributed by atoms with Gasteiger partial charge in [0, 0.05) is 13.2 Å². The van der Waals surface area contributed by atoms with Crippen molar-refractivity contribution in [3.63, 3.8) is 0 Å². The number of hydrogen-bond acceptors (Lipinski definition) is 6. The van der Waals surface area contributed by atoms with E-state index in [9.17, 15) is 0 Å². The van der Waals surface area contributed by atoms with E-state index in [1.54, 1.807) is 6.33 Å². The van der Waals surface area contributed by atoms with Crippen LogP contribution in [0.2, 0.25) is 0 Å². The van der Waals surface area contributed by atoms with E-state index in [1.807, 2.05) is 22.8 Å². The number of rotatable bonds is 8. The number of benzene rings is 1. The molecule has 1 unspecified atom stereocenters. The Labute approximate surface area is 165 Å². The molecule has 1 aromatic carbocycles. The van der Waals surface area contributed by atoms with Crippen molar-refractivity contribution in [1.29, 1.82) is 0 Å². The van der Waals surface area contributed by atoms with Crippen LogP contribution in [0.1, 0.15) is 50.8 Å². The van der Waals surface area contributed by atoms with Crippen molar-refractivity contribution in [2.75, 3.05) is 18.5 Å². The Bertz CT molecular complexity index is 890. The summed E-state index contributed by atoms with van der Waals surface area (Å²) < 4.78 is 13.8. The first-order chi connectivity index (χ1) is 13.8. The molecule has 7 heteroatoms. The highest BCUT2D eigenvalue weighted by Crippen LogP contribution is 2.29. The molecular formula is C21H27N5O2. The number of aromatic nitrogens is 4. The average molecular weight is 381 g/mol. The Morgan fingerprint density at radius 3 is 2.89 bits per heavy atom. The molecule has 1 aliphatic rings. The summed E-state index contributed by atoms with van der Waals surface area (Å²) >= 11 is 0. The molecule has 1 aliphatic heterocycles. The third-order valence-corrected chi connectivity index (χ3v) is 4.90. The molecule has 0 radical (unpaired) electrons. The lowest BCUT2D eigenvalue weighted by molar-refractivity contribution is -0.0298. The van der Waals surface area contributed by atoms with Crippen LogP contribution in [0.4, 0.5) is 5.82 Å². The first kappa shape index (κ1) is 18.7. The fraction of sp³-hybridized carbons (Fsp3) is 0.476. The minimum atomic E-state index is -0.0286. The van der Waals surface area contributed by atoms with Crippen LogP contribution in [0.25, 0.3) is 11.2 Å². The highest BCUT2D eigenvalue weighted by molar-refractivity contribution is 5.83. The summed E-state index contributed by atoms with van der Waals surface area (Å²) in [5.41, 5.74) is 2.68. The van der Waals surface area contributed by atoms with E-state index in [0.29, 0.717) is 25.0 Å². The Kier molecular flexibility index (Phi) is 6.01. The summed E-state index contributed by atoms with van der Waals surface area (Å²) in [4.78, 5) is 13.8. The lowest BCUT2D eigenvalue weighted by atomic mass is 10.2. The Morgan fingerprint density at radius 1 is 1.21 bits per heavy atom. The first-order valence-electron chi connectivity index (χ1n) is 10.1. The van der Waals surface area contributed by atoms with Crippen LogP contribution in [-0.4, -0.2) is 32.7 Å². The van der Waals surface area contributed by atoms with E-state index >= 15 is 0 Å². The van der Waals surface area contributed by atoms with E-state index in [0.717, 1.165) is 49.9 Å². The maximum Gasteiger partial charge on any atom is 0.320 e. The summed E-state index contributed by atoms with van der Waals surface area (Å²) in [6.07, 6.45) is 7.03. The number of hydrogen-bond donors (Lipinski definition) is 1. The van der Waals surface area contributed by atoms with Crippen LogP contribution < -0.4 is 10.1 Å². The molecule has 4 rings (SSSR count). The third kappa shape index (κ3) is 4.25. The number of nitrogens with one attached hydrogen (secondary N) is 1. The summed E-state index contributed by atoms with van der Waals surface area (Å²) in [6.45, 7) is 4.17. The Balaban J connectivity index is 1.64. The molecule has 3 heterocycles. The molecule has 0 bridgehead atoms. The molecule has 1 N–H and O–H groups in total. The zero-order chi connectivity index (χ0) is 19.2. The van der Waals surface area contributed by atoms with Crippen LogP contribution in [0.5, 0.6) is 6.01 Å². The van der Waals surface area contributed by atoms with E-state index < -0.39 is 0 Å². The van der Waals surface area contributed by atoms with Gasteiger partial charge in [-0.1, -0.05) is 43.7 Å². The lowest BCUT2D eigenvalue weighted by Gasteiger charge is -2.23. The molecule has 148 valence electrons. The van der Waals surface area contributed by atoms with Crippen LogP contribution in [0.15, 0.2) is 36.7 Å². The molecule has 28 heavy (non-hydrogen) atoms. The summed E-state index contributed by atoms with van der Waals surface area (Å²) in [6, 6.07) is 10.6. The van der Waals surface area contributed by atoms with Gasteiger partial charge < -0.3 is 14.8 Å². The highest BCUT2D eigenvalue weighted by atomic mass is 16.5. The second-order valence-electron chi connectivity index (χ2n) is 7.04. The van der Waals surface area contributed by atoms with Gasteiger partial charge in [0.05, 0.1) is 12.9 Å². The third-order valence-electron chi connectivity index (χ3n) is 4.90. The van der Waals surface area contributed by atoms with Crippen molar-refractivity contribution in [2.45, 2.75) is 51.8 Å². The SMILES string of the molecule is CCCCOc1nc(NCc2ccccc2)c2ncn(C3CCCCO3)c2n1. The number of imidazole rings is 1. The van der Waals surface area contributed by atoms with Crippen molar-refractivity contribution in [3.8, 4) is 6.01 Å². The van der Waals surface area contributed by atoms with Gasteiger partial charge in [-0.3, -0.25) is 4.57 Å². The van der Waals surface area contributed by atoms with Gasteiger partial charge in [-0.25, -0.2) is 4.98 Å². The maximum absolute atomic E-state index is 5.94. The fourth-order valence-corrected chi connectivity index (χ4v) is 3.33. The predicted molar refractivity (Wildman–Crippen MR) is 108 cm³/mol. The summed E-state index contributed by atoms with van der Waals surface area (Å²) in [7, 11) is 0. The predicted octanol–water partition coefficient (Wildman–Crippen LogP) is 4.32. The number of nitrogens with zero attached hydrogens (tertiary/aromatic N) is 4. The molecule has 0 amide bonds. The van der Waals surface area contributed by atoms with Crippen LogP contribution >= 0.6 is 0 Å². The van der Waals surface area contributed by atoms with Gasteiger partial charge in [0.15, 0.2) is 17.0 Å². The number of fused-ring (bicyclic) bond motifs is 1. The van der Waals surface area contributed by atoms with Gasteiger partial charge in [-0.05, 0) is 31.2 Å². The molecule has 0 spiro atoms. The fourth-order valence-electron chi connectivity index (χ4n) is 3.33. The molecule has 1 atom stereocenters. The molecular weight excluding hydrogens is 354 g/mol. The maximum atomic E-state index is 5.94. The molecule has 2 aromatic heterocycles. The second kappa shape index (κ2) is 9.01. The van der Waals surface area contributed by atoms with Gasteiger partial charge in [-0.15, -0.1) is 0 Å². The molecule has 7 nitrogen and oxygen atoms in total. The zero-order valence-electron chi connectivity index (χ0n) is 16.3. The van der Waals surface area contributed by atoms with E-state index in [4.69, 9.17) is 9.47 Å². The van der Waals surface area contributed by atoms with Crippen molar-refractivity contribution in [1.82, 2.24) is 19.5 Å². The molecule has 0 aliphatic carbocycles. The number of anilines is 1. The lowest BCUT2D eigenvalue weighted by Crippen LogP contribution is -2.18. The topological polar surface area (TPSA) is 74.1 Å². The first-order valence-corrected chi connectivity index (χ1v) is 10.1. The minimum Gasteiger partial charge on any atom is -0.463 e. The molecule has 3 aromatic rings. The van der Waals surface area contributed by atoms with Gasteiger partial charge in [-0.2, -0.15) is 9.97 Å². The van der Waals surface area contributed by atoms with Gasteiger partial charge in [0.25, 0.3) is 0 Å². The van der Waals surface area contributed by atoms with Crippen molar-refractivity contribution >= 4 is 17.0 Å². The van der Waals surface area contributed by atoms with Crippen molar-refractivity contribution in [2.24, 2.45) is 0 Å². The standard InChI is InChI=1S/C21H27N5O2/c1-2-3-12-28-21-24-19(22-14-16-9-5-4-6-10-16)18-20(25-21)26(15-23-18)17-11-7-8-13-27-17/h4-6,9-10,15,17H,2-3,7-8,11-14H2,1H3,(H,22,24,25). The average Bonchev–Trinajstić information content (AvgIpc) is 3.18. The van der Waals surface area contributed by atoms with E-state index in [1.165, 1.54) is 5.56 Å². The Morgan fingerprint density at radius 2 is 2.11 bits per heavy atom. The summed E-state index contributed by atoms with van der Waals surface area (Å²) in [5.74, 6) is 0.690. The zero-order valence-corrected chi connectivity index (χ0v) is 16.3. The van der Waals surface area contributed by atoms with Gasteiger partial charge in [0.2, 0.25) is 0 Å². The van der Waals surface area contributed by atoms with Gasteiger partial charge >= 0.3 is 6.01 Å². The number of ether oxygens (including phenoxy) is 2.